The summed E-state index contributed by atoms with van der Waals surface area (Å²) in [5.41, 5.74) is -0.602. The SMILES string of the molecule is F.FC(F)(F)c1ccccc1. The van der Waals surface area contributed by atoms with Gasteiger partial charge in [-0.3, -0.25) is 4.70 Å². The molecule has 62 valence electrons. The maximum atomic E-state index is 11.8. The largest absolute Gasteiger partial charge is 0.416 e. The second-order valence-corrected chi connectivity index (χ2v) is 1.86. The fraction of sp³-hybridized carbons (Fsp3) is 0.143. The van der Waals surface area contributed by atoms with Crippen LogP contribution in [0.4, 0.5) is 17.9 Å². The molecule has 0 aromatic heterocycles. The molecule has 1 aromatic carbocycles. The van der Waals surface area contributed by atoms with Gasteiger partial charge in [0.05, 0.1) is 5.56 Å². The third-order valence-corrected chi connectivity index (χ3v) is 1.10. The zero-order valence-corrected chi connectivity index (χ0v) is 5.43. The summed E-state index contributed by atoms with van der Waals surface area (Å²) in [4.78, 5) is 0. The van der Waals surface area contributed by atoms with E-state index in [1.54, 1.807) is 6.07 Å². The highest BCUT2D eigenvalue weighted by Gasteiger charge is 2.29. The molecule has 1 aromatic rings. The standard InChI is InChI=1S/C7H5F3.FH/c8-7(9,10)6-4-2-1-3-5-6;/h1-5H;1H. The van der Waals surface area contributed by atoms with E-state index in [0.717, 1.165) is 12.1 Å². The van der Waals surface area contributed by atoms with E-state index in [2.05, 4.69) is 0 Å². The average Bonchev–Trinajstić information content (AvgIpc) is 1.88. The molecule has 0 aliphatic carbocycles. The van der Waals surface area contributed by atoms with Crippen LogP contribution in [0.25, 0.3) is 0 Å². The van der Waals surface area contributed by atoms with Crippen LogP contribution in [0.15, 0.2) is 30.3 Å². The maximum Gasteiger partial charge on any atom is 0.416 e. The quantitative estimate of drug-likeness (QED) is 0.520. The Hall–Kier alpha value is -1.06. The van der Waals surface area contributed by atoms with Gasteiger partial charge < -0.3 is 0 Å². The summed E-state index contributed by atoms with van der Waals surface area (Å²) in [5, 5.41) is 0. The normalized spacial score (nSPS) is 10.5. The van der Waals surface area contributed by atoms with Crippen LogP contribution in [0.1, 0.15) is 5.56 Å². The van der Waals surface area contributed by atoms with Crippen molar-refractivity contribution in [3.8, 4) is 0 Å². The van der Waals surface area contributed by atoms with Crippen LogP contribution in [0.3, 0.4) is 0 Å². The van der Waals surface area contributed by atoms with E-state index < -0.39 is 11.7 Å². The predicted molar refractivity (Wildman–Crippen MR) is 33.9 cm³/mol. The van der Waals surface area contributed by atoms with E-state index in [9.17, 15) is 13.2 Å². The molecular formula is C7H6F4. The highest BCUT2D eigenvalue weighted by molar-refractivity contribution is 5.17. The molecule has 1 rings (SSSR count). The number of hydrogen-bond donors (Lipinski definition) is 0. The van der Waals surface area contributed by atoms with Crippen molar-refractivity contribution in [3.63, 3.8) is 0 Å². The van der Waals surface area contributed by atoms with Crippen molar-refractivity contribution < 1.29 is 17.9 Å². The lowest BCUT2D eigenvalue weighted by Crippen LogP contribution is -2.03. The molecule has 0 fully saturated rings. The second-order valence-electron chi connectivity index (χ2n) is 1.86. The maximum absolute atomic E-state index is 11.8. The van der Waals surface area contributed by atoms with Gasteiger partial charge in [-0.2, -0.15) is 13.2 Å². The highest BCUT2D eigenvalue weighted by atomic mass is 19.4. The number of alkyl halides is 3. The molecule has 0 N–H and O–H groups in total. The molecule has 0 saturated carbocycles. The Morgan fingerprint density at radius 3 is 1.64 bits per heavy atom. The topological polar surface area (TPSA) is 0 Å². The van der Waals surface area contributed by atoms with Gasteiger partial charge in [-0.05, 0) is 0 Å². The summed E-state index contributed by atoms with van der Waals surface area (Å²) >= 11 is 0. The fourth-order valence-electron chi connectivity index (χ4n) is 0.627. The van der Waals surface area contributed by atoms with Crippen molar-refractivity contribution in [1.82, 2.24) is 0 Å². The first-order chi connectivity index (χ1) is 4.61. The molecule has 0 heterocycles. The van der Waals surface area contributed by atoms with Gasteiger partial charge in [0.25, 0.3) is 0 Å². The molecule has 0 saturated heterocycles. The third-order valence-electron chi connectivity index (χ3n) is 1.10. The Balaban J connectivity index is 0.000001000. The lowest BCUT2D eigenvalue weighted by Gasteiger charge is -2.03. The van der Waals surface area contributed by atoms with Crippen LogP contribution in [0.2, 0.25) is 0 Å². The highest BCUT2D eigenvalue weighted by Crippen LogP contribution is 2.28. The summed E-state index contributed by atoms with van der Waals surface area (Å²) in [6.45, 7) is 0. The zero-order chi connectivity index (χ0) is 7.61. The van der Waals surface area contributed by atoms with Crippen LogP contribution in [-0.2, 0) is 6.18 Å². The summed E-state index contributed by atoms with van der Waals surface area (Å²) < 4.78 is 35.4. The van der Waals surface area contributed by atoms with Gasteiger partial charge in [0.2, 0.25) is 0 Å². The Labute approximate surface area is 61.0 Å². The third kappa shape index (κ3) is 2.57. The van der Waals surface area contributed by atoms with Crippen LogP contribution in [0.5, 0.6) is 0 Å². The zero-order valence-electron chi connectivity index (χ0n) is 5.43. The second kappa shape index (κ2) is 3.37. The molecule has 0 atom stereocenters. The van der Waals surface area contributed by atoms with Crippen LogP contribution in [-0.4, -0.2) is 0 Å². The molecule has 11 heavy (non-hydrogen) atoms. The minimum Gasteiger partial charge on any atom is -0.269 e. The monoisotopic (exact) mass is 166 g/mol. The lowest BCUT2D eigenvalue weighted by atomic mass is 10.2. The molecule has 0 unspecified atom stereocenters. The number of benzene rings is 1. The molecular weight excluding hydrogens is 160 g/mol. The number of rotatable bonds is 0. The van der Waals surface area contributed by atoms with E-state index in [0.29, 0.717) is 0 Å². The Morgan fingerprint density at radius 2 is 1.36 bits per heavy atom. The van der Waals surface area contributed by atoms with Gasteiger partial charge in [0, 0.05) is 0 Å². The van der Waals surface area contributed by atoms with Crippen molar-refractivity contribution in [3.05, 3.63) is 35.9 Å². The predicted octanol–water partition coefficient (Wildman–Crippen LogP) is 2.86. The van der Waals surface area contributed by atoms with Crippen LogP contribution in [0, 0.1) is 0 Å². The smallest absolute Gasteiger partial charge is 0.269 e. The van der Waals surface area contributed by atoms with Gasteiger partial charge in [0.15, 0.2) is 0 Å². The molecule has 0 aliphatic rings. The van der Waals surface area contributed by atoms with E-state index in [-0.39, 0.29) is 4.70 Å². The molecule has 0 radical (unpaired) electrons. The summed E-state index contributed by atoms with van der Waals surface area (Å²) in [5.74, 6) is 0. The van der Waals surface area contributed by atoms with Crippen molar-refractivity contribution in [2.24, 2.45) is 0 Å². The van der Waals surface area contributed by atoms with Gasteiger partial charge in [-0.25, -0.2) is 0 Å². The Kier molecular flexibility index (Phi) is 3.04. The van der Waals surface area contributed by atoms with E-state index >= 15 is 0 Å². The first kappa shape index (κ1) is 9.94. The van der Waals surface area contributed by atoms with Crippen molar-refractivity contribution >= 4 is 0 Å². The fourth-order valence-corrected chi connectivity index (χ4v) is 0.627. The summed E-state index contributed by atoms with van der Waals surface area (Å²) in [7, 11) is 0. The summed E-state index contributed by atoms with van der Waals surface area (Å²) in [6, 6.07) is 6.36. The molecule has 0 bridgehead atoms. The molecule has 0 aliphatic heterocycles. The van der Waals surface area contributed by atoms with Crippen LogP contribution >= 0.6 is 0 Å². The Morgan fingerprint density at radius 1 is 0.909 bits per heavy atom. The molecule has 0 amide bonds. The molecule has 0 spiro atoms. The van der Waals surface area contributed by atoms with Gasteiger partial charge in [-0.1, -0.05) is 30.3 Å². The minimum absolute atomic E-state index is 0. The van der Waals surface area contributed by atoms with Crippen molar-refractivity contribution in [2.75, 3.05) is 0 Å². The van der Waals surface area contributed by atoms with E-state index in [4.69, 9.17) is 0 Å². The Bertz CT molecular complexity index is 201. The molecule has 4 heteroatoms. The molecule has 0 nitrogen and oxygen atoms in total. The van der Waals surface area contributed by atoms with Crippen LogP contribution < -0.4 is 0 Å². The first-order valence-corrected chi connectivity index (χ1v) is 2.73. The van der Waals surface area contributed by atoms with Crippen molar-refractivity contribution in [2.45, 2.75) is 6.18 Å². The first-order valence-electron chi connectivity index (χ1n) is 2.73. The lowest BCUT2D eigenvalue weighted by molar-refractivity contribution is -0.137. The summed E-state index contributed by atoms with van der Waals surface area (Å²) in [6.07, 6.45) is -4.21. The van der Waals surface area contributed by atoms with Gasteiger partial charge >= 0.3 is 6.18 Å². The van der Waals surface area contributed by atoms with Crippen molar-refractivity contribution in [1.29, 1.82) is 0 Å². The average molecular weight is 166 g/mol. The number of halogens is 4. The van der Waals surface area contributed by atoms with Gasteiger partial charge in [0.1, 0.15) is 0 Å². The van der Waals surface area contributed by atoms with E-state index in [1.807, 2.05) is 0 Å². The van der Waals surface area contributed by atoms with Gasteiger partial charge in [-0.15, -0.1) is 0 Å². The number of hydrogen-bond acceptors (Lipinski definition) is 0. The van der Waals surface area contributed by atoms with E-state index in [1.165, 1.54) is 12.1 Å². The minimum atomic E-state index is -4.21.